The molecule has 2 aromatic carbocycles. The lowest BCUT2D eigenvalue weighted by Crippen LogP contribution is -2.43. The number of alkyl halides is 1. The number of rotatable bonds is 7. The molecule has 1 unspecified atom stereocenters. The Kier molecular flexibility index (Phi) is 9.09. The summed E-state index contributed by atoms with van der Waals surface area (Å²) in [6, 6.07) is 9.58. The van der Waals surface area contributed by atoms with Gasteiger partial charge in [0.2, 0.25) is 0 Å². The molecule has 1 aromatic heterocycles. The van der Waals surface area contributed by atoms with Crippen LogP contribution < -0.4 is 4.74 Å². The fourth-order valence-corrected chi connectivity index (χ4v) is 5.97. The van der Waals surface area contributed by atoms with Gasteiger partial charge in [-0.2, -0.15) is 0 Å². The summed E-state index contributed by atoms with van der Waals surface area (Å²) in [6.07, 6.45) is 4.44. The van der Waals surface area contributed by atoms with Crippen molar-refractivity contribution >= 4 is 10.9 Å². The molecule has 1 fully saturated rings. The van der Waals surface area contributed by atoms with E-state index in [-0.39, 0.29) is 24.5 Å². The van der Waals surface area contributed by atoms with Gasteiger partial charge in [-0.25, -0.2) is 13.2 Å². The molecule has 2 aliphatic rings. The molecule has 7 heteroatoms. The van der Waals surface area contributed by atoms with Gasteiger partial charge in [0.25, 0.3) is 0 Å². The minimum atomic E-state index is -1.52. The van der Waals surface area contributed by atoms with Crippen LogP contribution in [0.5, 0.6) is 5.75 Å². The monoisotopic (exact) mass is 530 g/mol. The van der Waals surface area contributed by atoms with E-state index in [1.54, 1.807) is 0 Å². The normalized spacial score (nSPS) is 22.1. The molecule has 38 heavy (non-hydrogen) atoms. The Balaban J connectivity index is 0.00000164. The summed E-state index contributed by atoms with van der Waals surface area (Å²) < 4.78 is 51.8. The van der Waals surface area contributed by atoms with E-state index in [1.807, 2.05) is 43.0 Å². The molecule has 0 radical (unpaired) electrons. The third kappa shape index (κ3) is 6.20. The molecule has 1 aliphatic carbocycles. The van der Waals surface area contributed by atoms with Crippen molar-refractivity contribution in [1.29, 1.82) is 0 Å². The van der Waals surface area contributed by atoms with Crippen LogP contribution in [0.15, 0.2) is 36.4 Å². The molecule has 0 spiro atoms. The van der Waals surface area contributed by atoms with Crippen LogP contribution in [-0.2, 0) is 6.42 Å². The van der Waals surface area contributed by atoms with Gasteiger partial charge in [0.15, 0.2) is 0 Å². The fourth-order valence-electron chi connectivity index (χ4n) is 5.97. The Hall–Kier alpha value is -2.51. The number of nitrogens with one attached hydrogen (secondary N) is 1. The Labute approximate surface area is 224 Å². The van der Waals surface area contributed by atoms with Gasteiger partial charge < -0.3 is 14.8 Å². The van der Waals surface area contributed by atoms with E-state index in [0.717, 1.165) is 47.8 Å². The summed E-state index contributed by atoms with van der Waals surface area (Å²) in [6.45, 7) is 8.14. The number of para-hydroxylation sites is 1. The van der Waals surface area contributed by atoms with E-state index in [2.05, 4.69) is 4.98 Å². The molecule has 0 amide bonds. The van der Waals surface area contributed by atoms with Gasteiger partial charge >= 0.3 is 0 Å². The van der Waals surface area contributed by atoms with E-state index >= 15 is 8.78 Å². The topological polar surface area (TPSA) is 48.5 Å². The van der Waals surface area contributed by atoms with Crippen molar-refractivity contribution in [3.05, 3.63) is 64.9 Å². The zero-order chi connectivity index (χ0) is 27.4. The smallest absolute Gasteiger partial charge is 0.135 e. The van der Waals surface area contributed by atoms with Gasteiger partial charge in [0.05, 0.1) is 12.6 Å². The number of fused-ring (bicyclic) bond motifs is 3. The highest BCUT2D eigenvalue weighted by atomic mass is 19.1. The van der Waals surface area contributed by atoms with E-state index in [0.29, 0.717) is 31.4 Å². The molecule has 1 aliphatic heterocycles. The van der Waals surface area contributed by atoms with Crippen molar-refractivity contribution in [2.45, 2.75) is 71.5 Å². The van der Waals surface area contributed by atoms with Gasteiger partial charge in [-0.3, -0.25) is 4.90 Å². The van der Waals surface area contributed by atoms with Crippen molar-refractivity contribution in [3.8, 4) is 5.75 Å². The predicted octanol–water partition coefficient (Wildman–Crippen LogP) is 7.35. The number of aliphatic hydroxyl groups is 1. The first kappa shape index (κ1) is 28.5. The number of halogens is 3. The SMILES string of the molecule is CC.CC(C)(F)CN1CCc2c([nH]c3ccccc23)C1c1c(F)cc(OCC2CCC(CO)CC2)cc1F. The number of aliphatic hydroxyl groups excluding tert-OH is 1. The zero-order valence-corrected chi connectivity index (χ0v) is 23.0. The molecule has 2 heterocycles. The summed E-state index contributed by atoms with van der Waals surface area (Å²) in [7, 11) is 0. The van der Waals surface area contributed by atoms with Crippen LogP contribution in [0.1, 0.15) is 76.2 Å². The van der Waals surface area contributed by atoms with E-state index in [4.69, 9.17) is 4.74 Å². The van der Waals surface area contributed by atoms with Gasteiger partial charge in [-0.05, 0) is 69.4 Å². The molecule has 1 atom stereocenters. The Morgan fingerprint density at radius 1 is 1.03 bits per heavy atom. The third-order valence-corrected chi connectivity index (χ3v) is 7.75. The minimum Gasteiger partial charge on any atom is -0.493 e. The summed E-state index contributed by atoms with van der Waals surface area (Å²) >= 11 is 0. The van der Waals surface area contributed by atoms with Gasteiger partial charge in [0, 0.05) is 54.0 Å². The second-order valence-corrected chi connectivity index (χ2v) is 11.1. The molecule has 5 rings (SSSR count). The lowest BCUT2D eigenvalue weighted by Gasteiger charge is -2.38. The van der Waals surface area contributed by atoms with Gasteiger partial charge in [-0.1, -0.05) is 32.0 Å². The molecule has 4 nitrogen and oxygen atoms in total. The number of hydrogen-bond acceptors (Lipinski definition) is 3. The molecule has 208 valence electrons. The quantitative estimate of drug-likeness (QED) is 0.336. The Morgan fingerprint density at radius 2 is 1.66 bits per heavy atom. The largest absolute Gasteiger partial charge is 0.493 e. The number of ether oxygens (including phenoxy) is 1. The lowest BCUT2D eigenvalue weighted by molar-refractivity contribution is 0.0961. The molecular formula is C31H41F3N2O2. The van der Waals surface area contributed by atoms with Crippen molar-refractivity contribution < 1.29 is 23.0 Å². The minimum absolute atomic E-state index is 0.0557. The Morgan fingerprint density at radius 3 is 2.29 bits per heavy atom. The van der Waals surface area contributed by atoms with Gasteiger partial charge in [-0.15, -0.1) is 0 Å². The summed E-state index contributed by atoms with van der Waals surface area (Å²) in [5.74, 6) is -0.548. The summed E-state index contributed by atoms with van der Waals surface area (Å²) in [4.78, 5) is 5.21. The van der Waals surface area contributed by atoms with Crippen LogP contribution in [0.4, 0.5) is 13.2 Å². The molecule has 0 bridgehead atoms. The number of H-pyrrole nitrogens is 1. The highest BCUT2D eigenvalue weighted by Gasteiger charge is 2.38. The van der Waals surface area contributed by atoms with Gasteiger partial charge in [0.1, 0.15) is 23.1 Å². The first-order valence-corrected chi connectivity index (χ1v) is 14.0. The second kappa shape index (κ2) is 12.1. The van der Waals surface area contributed by atoms with Crippen LogP contribution in [0.3, 0.4) is 0 Å². The number of nitrogens with zero attached hydrogens (tertiary/aromatic N) is 1. The zero-order valence-electron chi connectivity index (χ0n) is 23.0. The maximum atomic E-state index is 15.6. The van der Waals surface area contributed by atoms with E-state index in [9.17, 15) is 9.50 Å². The van der Waals surface area contributed by atoms with Crippen molar-refractivity contribution in [2.24, 2.45) is 11.8 Å². The number of benzene rings is 2. The highest BCUT2D eigenvalue weighted by Crippen LogP contribution is 2.42. The van der Waals surface area contributed by atoms with E-state index < -0.39 is 23.3 Å². The first-order valence-electron chi connectivity index (χ1n) is 14.0. The number of hydrogen-bond donors (Lipinski definition) is 2. The average molecular weight is 531 g/mol. The van der Waals surface area contributed by atoms with Crippen LogP contribution in [0.2, 0.25) is 0 Å². The second-order valence-electron chi connectivity index (χ2n) is 11.1. The van der Waals surface area contributed by atoms with Crippen LogP contribution in [0.25, 0.3) is 10.9 Å². The summed E-state index contributed by atoms with van der Waals surface area (Å²) in [5.41, 5.74) is 1.06. The van der Waals surface area contributed by atoms with Crippen LogP contribution >= 0.6 is 0 Å². The molecule has 3 aromatic rings. The fraction of sp³-hybridized carbons (Fsp3) is 0.548. The molecule has 1 saturated carbocycles. The third-order valence-electron chi connectivity index (χ3n) is 7.75. The Bertz CT molecular complexity index is 1190. The maximum Gasteiger partial charge on any atom is 0.135 e. The van der Waals surface area contributed by atoms with E-state index in [1.165, 1.54) is 26.0 Å². The average Bonchev–Trinajstić information content (AvgIpc) is 3.27. The molecular weight excluding hydrogens is 489 g/mol. The number of aromatic amines is 1. The molecule has 0 saturated heterocycles. The first-order chi connectivity index (χ1) is 18.2. The summed E-state index contributed by atoms with van der Waals surface area (Å²) in [5, 5.41) is 10.4. The lowest BCUT2D eigenvalue weighted by atomic mass is 9.83. The van der Waals surface area contributed by atoms with Crippen molar-refractivity contribution in [3.63, 3.8) is 0 Å². The van der Waals surface area contributed by atoms with Crippen LogP contribution in [0, 0.1) is 23.5 Å². The standard InChI is InChI=1S/C29H35F3N2O2.C2H6/c1-29(2,32)17-34-12-11-22-21-5-3-4-6-25(21)33-27(22)28(34)26-23(30)13-20(14-24(26)31)36-16-19-9-7-18(15-35)8-10-19;1-2/h3-6,13-14,18-19,28,33,35H,7-12,15-17H2,1-2H3;1-2H3. The van der Waals surface area contributed by atoms with Crippen LogP contribution in [-0.4, -0.2) is 47.0 Å². The van der Waals surface area contributed by atoms with Crippen molar-refractivity contribution in [2.75, 3.05) is 26.3 Å². The number of aromatic nitrogens is 1. The maximum absolute atomic E-state index is 15.6. The molecule has 2 N–H and O–H groups in total. The highest BCUT2D eigenvalue weighted by molar-refractivity contribution is 5.85. The predicted molar refractivity (Wildman–Crippen MR) is 146 cm³/mol. The van der Waals surface area contributed by atoms with Crippen molar-refractivity contribution in [1.82, 2.24) is 9.88 Å².